The van der Waals surface area contributed by atoms with Gasteiger partial charge >= 0.3 is 0 Å². The van der Waals surface area contributed by atoms with Crippen molar-refractivity contribution in [3.05, 3.63) is 47.6 Å². The van der Waals surface area contributed by atoms with E-state index in [1.165, 1.54) is 35.6 Å². The molecule has 27 heavy (non-hydrogen) atoms. The van der Waals surface area contributed by atoms with Crippen molar-refractivity contribution in [2.75, 3.05) is 13.1 Å². The number of hydrogen-bond donors (Lipinski definition) is 1. The molecule has 1 saturated heterocycles. The first-order valence-corrected chi connectivity index (χ1v) is 11.0. The molecule has 6 nitrogen and oxygen atoms in total. The number of nitrogens with zero attached hydrogens (tertiary/aromatic N) is 1. The molecule has 2 aromatic rings. The fourth-order valence-corrected chi connectivity index (χ4v) is 5.25. The maximum absolute atomic E-state index is 12.9. The Kier molecular flexibility index (Phi) is 6.13. The predicted molar refractivity (Wildman–Crippen MR) is 101 cm³/mol. The lowest BCUT2D eigenvalue weighted by atomic mass is 10.1. The van der Waals surface area contributed by atoms with E-state index in [-0.39, 0.29) is 17.8 Å². The van der Waals surface area contributed by atoms with Crippen molar-refractivity contribution in [3.8, 4) is 5.75 Å². The van der Waals surface area contributed by atoms with Crippen LogP contribution in [-0.2, 0) is 14.8 Å². The number of amides is 1. The van der Waals surface area contributed by atoms with Crippen molar-refractivity contribution in [2.45, 2.75) is 36.1 Å². The van der Waals surface area contributed by atoms with Crippen LogP contribution in [0.3, 0.4) is 0 Å². The molecule has 0 unspecified atom stereocenters. The quantitative estimate of drug-likeness (QED) is 0.791. The maximum Gasteiger partial charge on any atom is 0.263 e. The number of ether oxygens (including phenoxy) is 1. The Morgan fingerprint density at radius 3 is 2.52 bits per heavy atom. The molecular formula is C18H21FN2O4S2. The molecule has 1 fully saturated rings. The van der Waals surface area contributed by atoms with Gasteiger partial charge in [-0.1, -0.05) is 6.07 Å². The second-order valence-electron chi connectivity index (χ2n) is 6.37. The van der Waals surface area contributed by atoms with E-state index in [4.69, 9.17) is 4.74 Å². The lowest BCUT2D eigenvalue weighted by molar-refractivity contribution is -0.139. The lowest BCUT2D eigenvalue weighted by Gasteiger charge is -2.33. The number of benzene rings is 1. The van der Waals surface area contributed by atoms with E-state index in [1.54, 1.807) is 29.3 Å². The fourth-order valence-electron chi connectivity index (χ4n) is 2.94. The highest BCUT2D eigenvalue weighted by Crippen LogP contribution is 2.20. The average Bonchev–Trinajstić information content (AvgIpc) is 3.19. The van der Waals surface area contributed by atoms with Gasteiger partial charge in [-0.3, -0.25) is 4.79 Å². The molecule has 0 bridgehead atoms. The van der Waals surface area contributed by atoms with Gasteiger partial charge < -0.3 is 9.64 Å². The summed E-state index contributed by atoms with van der Waals surface area (Å²) in [6, 6.07) is 8.57. The zero-order chi connectivity index (χ0) is 19.4. The molecule has 1 atom stereocenters. The second-order valence-corrected chi connectivity index (χ2v) is 9.26. The summed E-state index contributed by atoms with van der Waals surface area (Å²) < 4.78 is 46.1. The molecule has 1 aliphatic heterocycles. The van der Waals surface area contributed by atoms with Crippen LogP contribution in [0.5, 0.6) is 5.75 Å². The van der Waals surface area contributed by atoms with E-state index < -0.39 is 16.1 Å². The zero-order valence-corrected chi connectivity index (χ0v) is 16.4. The van der Waals surface area contributed by atoms with Crippen LogP contribution in [0.2, 0.25) is 0 Å². The third kappa shape index (κ3) is 5.06. The SMILES string of the molecule is C[C@@H](Oc1ccc(F)cc1)C(=O)N1CCC(NS(=O)(=O)c2cccs2)CC1. The predicted octanol–water partition coefficient (Wildman–Crippen LogP) is 2.62. The first-order valence-electron chi connectivity index (χ1n) is 8.62. The summed E-state index contributed by atoms with van der Waals surface area (Å²) >= 11 is 1.17. The van der Waals surface area contributed by atoms with Gasteiger partial charge in [-0.25, -0.2) is 17.5 Å². The van der Waals surface area contributed by atoms with Gasteiger partial charge in [0.25, 0.3) is 5.91 Å². The number of likely N-dealkylation sites (tertiary alicyclic amines) is 1. The van der Waals surface area contributed by atoms with E-state index in [9.17, 15) is 17.6 Å². The number of thiophene rings is 1. The summed E-state index contributed by atoms with van der Waals surface area (Å²) in [5.74, 6) is -0.108. The average molecular weight is 413 g/mol. The summed E-state index contributed by atoms with van der Waals surface area (Å²) in [7, 11) is -3.51. The van der Waals surface area contributed by atoms with Gasteiger partial charge in [0.1, 0.15) is 15.8 Å². The normalized spacial score (nSPS) is 16.9. The fraction of sp³-hybridized carbons (Fsp3) is 0.389. The number of nitrogens with one attached hydrogen (secondary N) is 1. The number of sulfonamides is 1. The van der Waals surface area contributed by atoms with E-state index in [1.807, 2.05) is 0 Å². The van der Waals surface area contributed by atoms with Gasteiger partial charge in [0.2, 0.25) is 10.0 Å². The second kappa shape index (κ2) is 8.37. The van der Waals surface area contributed by atoms with Crippen molar-refractivity contribution < 1.29 is 22.3 Å². The molecule has 146 valence electrons. The monoisotopic (exact) mass is 412 g/mol. The van der Waals surface area contributed by atoms with Gasteiger partial charge in [0, 0.05) is 19.1 Å². The Labute approximate surface area is 162 Å². The summed E-state index contributed by atoms with van der Waals surface area (Å²) in [6.45, 7) is 2.55. The van der Waals surface area contributed by atoms with Crippen molar-refractivity contribution in [2.24, 2.45) is 0 Å². The topological polar surface area (TPSA) is 75.7 Å². The number of carbonyl (C=O) groups is 1. The Bertz CT molecular complexity index is 861. The molecule has 1 aromatic heterocycles. The van der Waals surface area contributed by atoms with Crippen molar-refractivity contribution in [1.82, 2.24) is 9.62 Å². The number of carbonyl (C=O) groups excluding carboxylic acids is 1. The molecule has 2 heterocycles. The van der Waals surface area contributed by atoms with Crippen LogP contribution in [0.15, 0.2) is 46.0 Å². The minimum absolute atomic E-state index is 0.168. The van der Waals surface area contributed by atoms with Crippen LogP contribution < -0.4 is 9.46 Å². The Balaban J connectivity index is 1.51. The summed E-state index contributed by atoms with van der Waals surface area (Å²) in [6.07, 6.45) is 0.383. The third-order valence-electron chi connectivity index (χ3n) is 4.36. The highest BCUT2D eigenvalue weighted by atomic mass is 32.2. The summed E-state index contributed by atoms with van der Waals surface area (Å²) in [5, 5.41) is 1.72. The highest BCUT2D eigenvalue weighted by Gasteiger charge is 2.29. The van der Waals surface area contributed by atoms with Crippen LogP contribution in [0.25, 0.3) is 0 Å². The van der Waals surface area contributed by atoms with Crippen LogP contribution in [-0.4, -0.2) is 44.5 Å². The van der Waals surface area contributed by atoms with Crippen molar-refractivity contribution in [3.63, 3.8) is 0 Å². The molecule has 0 spiro atoms. The van der Waals surface area contributed by atoms with Gasteiger partial charge in [0.05, 0.1) is 0 Å². The summed E-state index contributed by atoms with van der Waals surface area (Å²) in [5.41, 5.74) is 0. The third-order valence-corrected chi connectivity index (χ3v) is 7.28. The Hall–Kier alpha value is -1.97. The largest absolute Gasteiger partial charge is 0.481 e. The highest BCUT2D eigenvalue weighted by molar-refractivity contribution is 7.91. The minimum Gasteiger partial charge on any atom is -0.481 e. The Morgan fingerprint density at radius 2 is 1.93 bits per heavy atom. The molecule has 1 N–H and O–H groups in total. The van der Waals surface area contributed by atoms with E-state index in [0.717, 1.165) is 0 Å². The zero-order valence-electron chi connectivity index (χ0n) is 14.8. The summed E-state index contributed by atoms with van der Waals surface area (Å²) in [4.78, 5) is 14.2. The van der Waals surface area contributed by atoms with Crippen LogP contribution >= 0.6 is 11.3 Å². The minimum atomic E-state index is -3.51. The van der Waals surface area contributed by atoms with E-state index >= 15 is 0 Å². The number of rotatable bonds is 6. The first-order chi connectivity index (χ1) is 12.8. The number of hydrogen-bond acceptors (Lipinski definition) is 5. The molecule has 1 aliphatic rings. The van der Waals surface area contributed by atoms with Crippen molar-refractivity contribution in [1.29, 1.82) is 0 Å². The van der Waals surface area contributed by atoms with Gasteiger partial charge in [0.15, 0.2) is 6.10 Å². The Morgan fingerprint density at radius 1 is 1.26 bits per heavy atom. The molecule has 1 aromatic carbocycles. The molecule has 0 aliphatic carbocycles. The van der Waals surface area contributed by atoms with Gasteiger partial charge in [-0.15, -0.1) is 11.3 Å². The maximum atomic E-state index is 12.9. The van der Waals surface area contributed by atoms with Crippen LogP contribution in [0.4, 0.5) is 4.39 Å². The molecule has 1 amide bonds. The first kappa shape index (κ1) is 19.8. The van der Waals surface area contributed by atoms with E-state index in [0.29, 0.717) is 35.9 Å². The number of halogens is 1. The van der Waals surface area contributed by atoms with Crippen LogP contribution in [0.1, 0.15) is 19.8 Å². The lowest BCUT2D eigenvalue weighted by Crippen LogP contribution is -2.49. The molecular weight excluding hydrogens is 391 g/mol. The number of piperidine rings is 1. The van der Waals surface area contributed by atoms with Crippen molar-refractivity contribution >= 4 is 27.3 Å². The van der Waals surface area contributed by atoms with Gasteiger partial charge in [-0.05, 0) is 55.5 Å². The molecule has 3 rings (SSSR count). The molecule has 0 radical (unpaired) electrons. The molecule has 0 saturated carbocycles. The van der Waals surface area contributed by atoms with Gasteiger partial charge in [-0.2, -0.15) is 0 Å². The standard InChI is InChI=1S/C18H21FN2O4S2/c1-13(25-16-6-4-14(19)5-7-16)18(22)21-10-8-15(9-11-21)20-27(23,24)17-3-2-12-26-17/h2-7,12-13,15,20H,8-11H2,1H3/t13-/m1/s1. The van der Waals surface area contributed by atoms with Crippen LogP contribution in [0, 0.1) is 5.82 Å². The smallest absolute Gasteiger partial charge is 0.263 e. The molecule has 9 heteroatoms. The van der Waals surface area contributed by atoms with E-state index in [2.05, 4.69) is 4.72 Å².